The molecule has 0 spiro atoms. The van der Waals surface area contributed by atoms with Crippen molar-refractivity contribution in [2.45, 2.75) is 19.8 Å². The van der Waals surface area contributed by atoms with Crippen molar-refractivity contribution >= 4 is 34.1 Å². The zero-order valence-electron chi connectivity index (χ0n) is 15.6. The lowest BCUT2D eigenvalue weighted by atomic mass is 9.97. The lowest BCUT2D eigenvalue weighted by Gasteiger charge is -2.20. The predicted octanol–water partition coefficient (Wildman–Crippen LogP) is 4.72. The maximum absolute atomic E-state index is 11.1. The summed E-state index contributed by atoms with van der Waals surface area (Å²) in [5.74, 6) is -0.536. The standard InChI is InChI=1S/C22H22N2O2S/c1-14(2)16-9-10-19-17(11-16)18(22(27)24(3)13-21(25)26)12-20(23-19)15-7-5-4-6-8-15/h4-12,14H,13H2,1-3H3,(H,25,26). The van der Waals surface area contributed by atoms with E-state index in [1.165, 1.54) is 5.56 Å². The van der Waals surface area contributed by atoms with Crippen LogP contribution in [-0.2, 0) is 4.79 Å². The molecule has 0 unspecified atom stereocenters. The summed E-state index contributed by atoms with van der Waals surface area (Å²) in [6.45, 7) is 4.14. The fraction of sp³-hybridized carbons (Fsp3) is 0.227. The SMILES string of the molecule is CC(C)c1ccc2nc(-c3ccccc3)cc(C(=S)N(C)CC(=O)O)c2c1. The summed E-state index contributed by atoms with van der Waals surface area (Å²) in [5, 5.41) is 10.1. The number of nitrogens with zero attached hydrogens (tertiary/aromatic N) is 2. The van der Waals surface area contributed by atoms with Crippen LogP contribution in [0.15, 0.2) is 54.6 Å². The Bertz CT molecular complexity index is 1000. The van der Waals surface area contributed by atoms with Gasteiger partial charge in [0, 0.05) is 23.6 Å². The van der Waals surface area contributed by atoms with E-state index in [1.54, 1.807) is 11.9 Å². The van der Waals surface area contributed by atoms with E-state index in [4.69, 9.17) is 22.3 Å². The maximum atomic E-state index is 11.1. The van der Waals surface area contributed by atoms with Crippen molar-refractivity contribution in [3.63, 3.8) is 0 Å². The van der Waals surface area contributed by atoms with Gasteiger partial charge in [-0.2, -0.15) is 0 Å². The Hall–Kier alpha value is -2.79. The first-order valence-corrected chi connectivity index (χ1v) is 9.25. The van der Waals surface area contributed by atoms with Gasteiger partial charge in [-0.1, -0.05) is 62.5 Å². The third-order valence-electron chi connectivity index (χ3n) is 4.52. The number of benzene rings is 2. The van der Waals surface area contributed by atoms with Crippen LogP contribution in [0.5, 0.6) is 0 Å². The molecule has 4 nitrogen and oxygen atoms in total. The number of likely N-dealkylation sites (N-methyl/N-ethyl adjacent to an activating group) is 1. The van der Waals surface area contributed by atoms with Crippen molar-refractivity contribution in [2.75, 3.05) is 13.6 Å². The minimum absolute atomic E-state index is 0.146. The van der Waals surface area contributed by atoms with E-state index in [9.17, 15) is 4.79 Å². The highest BCUT2D eigenvalue weighted by Crippen LogP contribution is 2.28. The van der Waals surface area contributed by atoms with E-state index in [0.29, 0.717) is 10.9 Å². The molecule has 0 atom stereocenters. The monoisotopic (exact) mass is 378 g/mol. The molecule has 138 valence electrons. The molecule has 0 radical (unpaired) electrons. The van der Waals surface area contributed by atoms with E-state index in [2.05, 4.69) is 26.0 Å². The van der Waals surface area contributed by atoms with Gasteiger partial charge in [-0.15, -0.1) is 0 Å². The summed E-state index contributed by atoms with van der Waals surface area (Å²) in [4.78, 5) is 18.0. The molecule has 2 aromatic carbocycles. The van der Waals surface area contributed by atoms with E-state index < -0.39 is 5.97 Å². The molecule has 3 aromatic rings. The van der Waals surface area contributed by atoms with Crippen molar-refractivity contribution in [1.29, 1.82) is 0 Å². The van der Waals surface area contributed by atoms with Gasteiger partial charge in [0.2, 0.25) is 0 Å². The van der Waals surface area contributed by atoms with Crippen LogP contribution in [0.3, 0.4) is 0 Å². The highest BCUT2D eigenvalue weighted by Gasteiger charge is 2.17. The van der Waals surface area contributed by atoms with Crippen LogP contribution in [0.1, 0.15) is 30.9 Å². The zero-order chi connectivity index (χ0) is 19.6. The predicted molar refractivity (Wildman–Crippen MR) is 113 cm³/mol. The highest BCUT2D eigenvalue weighted by molar-refractivity contribution is 7.80. The zero-order valence-corrected chi connectivity index (χ0v) is 16.5. The van der Waals surface area contributed by atoms with Gasteiger partial charge in [0.25, 0.3) is 0 Å². The molecule has 0 saturated heterocycles. The molecule has 3 rings (SSSR count). The average molecular weight is 378 g/mol. The summed E-state index contributed by atoms with van der Waals surface area (Å²) >= 11 is 5.64. The number of carboxylic acid groups (broad SMARTS) is 1. The molecule has 0 aliphatic carbocycles. The molecule has 1 heterocycles. The summed E-state index contributed by atoms with van der Waals surface area (Å²) in [6.07, 6.45) is 0. The second-order valence-corrected chi connectivity index (χ2v) is 7.29. The van der Waals surface area contributed by atoms with E-state index in [-0.39, 0.29) is 6.54 Å². The number of hydrogen-bond acceptors (Lipinski definition) is 3. The minimum Gasteiger partial charge on any atom is -0.480 e. The fourth-order valence-electron chi connectivity index (χ4n) is 3.02. The van der Waals surface area contributed by atoms with Crippen LogP contribution >= 0.6 is 12.2 Å². The Morgan fingerprint density at radius 2 is 1.85 bits per heavy atom. The molecule has 0 amide bonds. The van der Waals surface area contributed by atoms with Crippen LogP contribution in [0.4, 0.5) is 0 Å². The largest absolute Gasteiger partial charge is 0.480 e. The summed E-state index contributed by atoms with van der Waals surface area (Å²) in [6, 6.07) is 18.1. The van der Waals surface area contributed by atoms with Crippen molar-refractivity contribution in [3.05, 3.63) is 65.7 Å². The number of carboxylic acids is 1. The molecular formula is C22H22N2O2S. The number of fused-ring (bicyclic) bond motifs is 1. The Morgan fingerprint density at radius 3 is 2.48 bits per heavy atom. The number of thiocarbonyl (C=S) groups is 1. The molecule has 1 aromatic heterocycles. The van der Waals surface area contributed by atoms with Gasteiger partial charge in [0.1, 0.15) is 11.5 Å². The van der Waals surface area contributed by atoms with E-state index >= 15 is 0 Å². The molecule has 0 fully saturated rings. The quantitative estimate of drug-likeness (QED) is 0.651. The summed E-state index contributed by atoms with van der Waals surface area (Å²) in [7, 11) is 1.71. The number of rotatable bonds is 5. The fourth-order valence-corrected chi connectivity index (χ4v) is 3.25. The Kier molecular flexibility index (Phi) is 5.51. The molecule has 5 heteroatoms. The second-order valence-electron chi connectivity index (χ2n) is 6.91. The third kappa shape index (κ3) is 4.14. The molecule has 27 heavy (non-hydrogen) atoms. The Labute approximate surface area is 164 Å². The number of hydrogen-bond donors (Lipinski definition) is 1. The van der Waals surface area contributed by atoms with Gasteiger partial charge in [-0.25, -0.2) is 4.98 Å². The van der Waals surface area contributed by atoms with Crippen LogP contribution in [0, 0.1) is 0 Å². The van der Waals surface area contributed by atoms with Crippen LogP contribution in [0.25, 0.3) is 22.2 Å². The molecule has 0 aliphatic rings. The normalized spacial score (nSPS) is 11.0. The lowest BCUT2D eigenvalue weighted by molar-refractivity contribution is -0.137. The van der Waals surface area contributed by atoms with Gasteiger partial charge in [-0.3, -0.25) is 4.79 Å². The highest BCUT2D eigenvalue weighted by atomic mass is 32.1. The Morgan fingerprint density at radius 1 is 1.15 bits per heavy atom. The van der Waals surface area contributed by atoms with Gasteiger partial charge in [0.15, 0.2) is 0 Å². The molecule has 0 aliphatic heterocycles. The Balaban J connectivity index is 2.21. The van der Waals surface area contributed by atoms with Crippen molar-refractivity contribution in [2.24, 2.45) is 0 Å². The second kappa shape index (κ2) is 7.84. The van der Waals surface area contributed by atoms with Crippen LogP contribution in [-0.4, -0.2) is 39.5 Å². The first-order chi connectivity index (χ1) is 12.9. The minimum atomic E-state index is -0.913. The molecular weight excluding hydrogens is 356 g/mol. The first kappa shape index (κ1) is 19.0. The van der Waals surface area contributed by atoms with Gasteiger partial charge < -0.3 is 10.0 Å². The van der Waals surface area contributed by atoms with Crippen molar-refractivity contribution in [1.82, 2.24) is 9.88 Å². The number of aliphatic carboxylic acids is 1. The smallest absolute Gasteiger partial charge is 0.323 e. The number of pyridine rings is 1. The van der Waals surface area contributed by atoms with Gasteiger partial charge >= 0.3 is 5.97 Å². The lowest BCUT2D eigenvalue weighted by Crippen LogP contribution is -2.31. The molecule has 0 saturated carbocycles. The van der Waals surface area contributed by atoms with Crippen LogP contribution in [0.2, 0.25) is 0 Å². The molecule has 1 N–H and O–H groups in total. The van der Waals surface area contributed by atoms with Crippen LogP contribution < -0.4 is 0 Å². The summed E-state index contributed by atoms with van der Waals surface area (Å²) < 4.78 is 0. The van der Waals surface area contributed by atoms with Crippen molar-refractivity contribution < 1.29 is 9.90 Å². The third-order valence-corrected chi connectivity index (χ3v) is 5.05. The number of aromatic nitrogens is 1. The van der Waals surface area contributed by atoms with E-state index in [0.717, 1.165) is 27.7 Å². The van der Waals surface area contributed by atoms with Crippen molar-refractivity contribution in [3.8, 4) is 11.3 Å². The maximum Gasteiger partial charge on any atom is 0.323 e. The summed E-state index contributed by atoms with van der Waals surface area (Å²) in [5.41, 5.74) is 4.70. The van der Waals surface area contributed by atoms with Gasteiger partial charge in [-0.05, 0) is 29.7 Å². The van der Waals surface area contributed by atoms with E-state index in [1.807, 2.05) is 42.5 Å². The topological polar surface area (TPSA) is 53.4 Å². The van der Waals surface area contributed by atoms with Gasteiger partial charge in [0.05, 0.1) is 11.2 Å². The average Bonchev–Trinajstić information content (AvgIpc) is 2.66. The first-order valence-electron chi connectivity index (χ1n) is 8.84. The number of carbonyl (C=O) groups is 1. The molecule has 0 bridgehead atoms.